The fourth-order valence-electron chi connectivity index (χ4n) is 3.87. The molecule has 1 unspecified atom stereocenters. The van der Waals surface area contributed by atoms with Crippen LogP contribution in [0.25, 0.3) is 0 Å². The summed E-state index contributed by atoms with van der Waals surface area (Å²) >= 11 is 0. The zero-order chi connectivity index (χ0) is 21.4. The first-order valence-electron chi connectivity index (χ1n) is 9.49. The maximum Gasteiger partial charge on any atom is 0.264 e. The number of hydrogen-bond acceptors (Lipinski definition) is 7. The number of methoxy groups -OCH3 is 2. The van der Waals surface area contributed by atoms with E-state index in [1.807, 2.05) is 0 Å². The summed E-state index contributed by atoms with van der Waals surface area (Å²) in [6.07, 6.45) is 0.0996. The molecule has 30 heavy (non-hydrogen) atoms. The molecular weight excluding hydrogens is 388 g/mol. The Kier molecular flexibility index (Phi) is 4.99. The van der Waals surface area contributed by atoms with Crippen molar-refractivity contribution in [2.24, 2.45) is 0 Å². The topological polar surface area (TPSA) is 102 Å². The van der Waals surface area contributed by atoms with E-state index in [1.165, 1.54) is 7.11 Å². The highest BCUT2D eigenvalue weighted by molar-refractivity contribution is 6.26. The fourth-order valence-corrected chi connectivity index (χ4v) is 3.87. The molecule has 0 aromatic heterocycles. The molecule has 0 saturated heterocycles. The van der Waals surface area contributed by atoms with E-state index in [4.69, 9.17) is 9.47 Å². The van der Waals surface area contributed by atoms with E-state index in [2.05, 4.69) is 5.32 Å². The number of carbonyl (C=O) groups is 4. The molecule has 0 spiro atoms. The summed E-state index contributed by atoms with van der Waals surface area (Å²) in [6, 6.07) is 9.18. The number of amides is 2. The van der Waals surface area contributed by atoms with E-state index >= 15 is 0 Å². The number of rotatable bonds is 5. The van der Waals surface area contributed by atoms with Gasteiger partial charge in [-0.3, -0.25) is 24.1 Å². The number of fused-ring (bicyclic) bond motifs is 1. The van der Waals surface area contributed by atoms with Gasteiger partial charge in [0.15, 0.2) is 5.78 Å². The van der Waals surface area contributed by atoms with Gasteiger partial charge in [0.1, 0.15) is 17.3 Å². The van der Waals surface area contributed by atoms with Crippen LogP contribution in [0, 0.1) is 0 Å². The van der Waals surface area contributed by atoms with Crippen molar-refractivity contribution in [2.45, 2.75) is 25.3 Å². The van der Waals surface area contributed by atoms with E-state index in [0.717, 1.165) is 4.90 Å². The lowest BCUT2D eigenvalue weighted by molar-refractivity contribution is -0.132. The van der Waals surface area contributed by atoms with Gasteiger partial charge >= 0.3 is 0 Å². The van der Waals surface area contributed by atoms with E-state index < -0.39 is 23.6 Å². The van der Waals surface area contributed by atoms with Crippen molar-refractivity contribution in [3.8, 4) is 11.5 Å². The largest absolute Gasteiger partial charge is 0.497 e. The molecule has 1 saturated carbocycles. The third-order valence-corrected chi connectivity index (χ3v) is 5.38. The van der Waals surface area contributed by atoms with Crippen LogP contribution in [0.1, 0.15) is 40.0 Å². The van der Waals surface area contributed by atoms with Gasteiger partial charge in [-0.05, 0) is 30.7 Å². The van der Waals surface area contributed by atoms with E-state index in [-0.39, 0.29) is 36.2 Å². The van der Waals surface area contributed by atoms with Crippen LogP contribution < -0.4 is 14.8 Å². The van der Waals surface area contributed by atoms with Crippen molar-refractivity contribution < 1.29 is 28.7 Å². The van der Waals surface area contributed by atoms with Gasteiger partial charge in [-0.25, -0.2) is 0 Å². The first-order valence-corrected chi connectivity index (χ1v) is 9.49. The fraction of sp³-hybridized carbons (Fsp3) is 0.273. The van der Waals surface area contributed by atoms with Crippen molar-refractivity contribution in [1.82, 2.24) is 4.90 Å². The zero-order valence-electron chi connectivity index (χ0n) is 16.6. The summed E-state index contributed by atoms with van der Waals surface area (Å²) in [7, 11) is 3.06. The summed E-state index contributed by atoms with van der Waals surface area (Å²) in [5.41, 5.74) is 1.44. The third-order valence-electron chi connectivity index (χ3n) is 5.38. The molecule has 2 amide bonds. The number of carbonyl (C=O) groups excluding carboxylic acids is 4. The molecule has 1 atom stereocenters. The number of imide groups is 1. The average molecular weight is 408 g/mol. The Morgan fingerprint density at radius 3 is 2.47 bits per heavy atom. The van der Waals surface area contributed by atoms with Crippen LogP contribution in [0.3, 0.4) is 0 Å². The summed E-state index contributed by atoms with van der Waals surface area (Å²) in [5.74, 6) is -0.514. The van der Waals surface area contributed by atoms with Crippen LogP contribution in [0.2, 0.25) is 0 Å². The Balaban J connectivity index is 1.69. The number of hydrogen-bond donors (Lipinski definition) is 1. The molecular formula is C22H20N2O6. The lowest BCUT2D eigenvalue weighted by Gasteiger charge is -2.27. The summed E-state index contributed by atoms with van der Waals surface area (Å²) in [5, 5.41) is 3.15. The normalized spacial score (nSPS) is 18.5. The Bertz CT molecular complexity index is 1080. The number of Topliss-reactive ketones (excluding diaryl/α,β-unsaturated/α-hetero) is 2. The molecule has 0 radical (unpaired) electrons. The van der Waals surface area contributed by atoms with Crippen molar-refractivity contribution in [3.05, 3.63) is 47.5 Å². The van der Waals surface area contributed by atoms with Gasteiger partial charge in [0, 0.05) is 12.5 Å². The lowest BCUT2D eigenvalue weighted by atomic mass is 9.92. The SMILES string of the molecule is COc1ccc(Nc2cccc3c2C(=O)N(C2CCC(=O)CC2=O)C3=O)c(OC)c1. The van der Waals surface area contributed by atoms with E-state index in [9.17, 15) is 19.2 Å². The summed E-state index contributed by atoms with van der Waals surface area (Å²) in [6.45, 7) is 0. The van der Waals surface area contributed by atoms with Gasteiger partial charge in [-0.1, -0.05) is 6.07 Å². The van der Waals surface area contributed by atoms with Crippen molar-refractivity contribution in [2.75, 3.05) is 19.5 Å². The first-order chi connectivity index (χ1) is 14.4. The van der Waals surface area contributed by atoms with Crippen LogP contribution in [0.15, 0.2) is 36.4 Å². The molecule has 0 bridgehead atoms. The van der Waals surface area contributed by atoms with Crippen LogP contribution in [0.5, 0.6) is 11.5 Å². The Morgan fingerprint density at radius 1 is 0.967 bits per heavy atom. The number of anilines is 2. The predicted molar refractivity (Wildman–Crippen MR) is 107 cm³/mol. The molecule has 1 aliphatic heterocycles. The van der Waals surface area contributed by atoms with Crippen LogP contribution >= 0.6 is 0 Å². The Hall–Kier alpha value is -3.68. The second-order valence-electron chi connectivity index (χ2n) is 7.14. The smallest absolute Gasteiger partial charge is 0.264 e. The molecule has 2 aromatic rings. The second kappa shape index (κ2) is 7.62. The van der Waals surface area contributed by atoms with Gasteiger partial charge in [-0.15, -0.1) is 0 Å². The van der Waals surface area contributed by atoms with Gasteiger partial charge < -0.3 is 14.8 Å². The quantitative estimate of drug-likeness (QED) is 0.599. The van der Waals surface area contributed by atoms with Gasteiger partial charge in [0.25, 0.3) is 11.8 Å². The van der Waals surface area contributed by atoms with Crippen molar-refractivity contribution in [3.63, 3.8) is 0 Å². The standard InChI is InChI=1S/C22H20N2O6/c1-29-13-7-8-15(19(11-13)30-2)23-16-5-3-4-14-20(16)22(28)24(21(14)27)17-9-6-12(25)10-18(17)26/h3-5,7-8,11,17,23H,6,9-10H2,1-2H3. The van der Waals surface area contributed by atoms with Crippen molar-refractivity contribution in [1.29, 1.82) is 0 Å². The molecule has 1 N–H and O–H groups in total. The minimum atomic E-state index is -0.904. The molecule has 2 aliphatic rings. The van der Waals surface area contributed by atoms with Gasteiger partial charge in [0.05, 0.1) is 49.2 Å². The Morgan fingerprint density at radius 2 is 1.77 bits per heavy atom. The first kappa shape index (κ1) is 19.6. The number of nitrogens with zero attached hydrogens (tertiary/aromatic N) is 1. The molecule has 1 heterocycles. The molecule has 8 heteroatoms. The average Bonchev–Trinajstić information content (AvgIpc) is 3.00. The van der Waals surface area contributed by atoms with Gasteiger partial charge in [-0.2, -0.15) is 0 Å². The molecule has 4 rings (SSSR count). The number of benzene rings is 2. The minimum absolute atomic E-state index is 0.165. The Labute approximate surface area is 172 Å². The van der Waals surface area contributed by atoms with Crippen LogP contribution in [0.4, 0.5) is 11.4 Å². The van der Waals surface area contributed by atoms with Gasteiger partial charge in [0.2, 0.25) is 0 Å². The molecule has 1 aliphatic carbocycles. The maximum absolute atomic E-state index is 13.2. The highest BCUT2D eigenvalue weighted by atomic mass is 16.5. The highest BCUT2D eigenvalue weighted by Crippen LogP contribution is 2.37. The number of nitrogens with one attached hydrogen (secondary N) is 1. The van der Waals surface area contributed by atoms with E-state index in [1.54, 1.807) is 43.5 Å². The predicted octanol–water partition coefficient (Wildman–Crippen LogP) is 2.73. The summed E-state index contributed by atoms with van der Waals surface area (Å²) < 4.78 is 10.6. The maximum atomic E-state index is 13.2. The molecule has 8 nitrogen and oxygen atoms in total. The van der Waals surface area contributed by atoms with Crippen molar-refractivity contribution >= 4 is 34.8 Å². The van der Waals surface area contributed by atoms with Crippen LogP contribution in [-0.2, 0) is 9.59 Å². The molecule has 2 aromatic carbocycles. The number of ether oxygens (including phenoxy) is 2. The second-order valence-corrected chi connectivity index (χ2v) is 7.14. The van der Waals surface area contributed by atoms with E-state index in [0.29, 0.717) is 22.9 Å². The molecule has 154 valence electrons. The monoisotopic (exact) mass is 408 g/mol. The minimum Gasteiger partial charge on any atom is -0.497 e. The van der Waals surface area contributed by atoms with Crippen LogP contribution in [-0.4, -0.2) is 48.5 Å². The number of ketones is 2. The zero-order valence-corrected chi connectivity index (χ0v) is 16.6. The summed E-state index contributed by atoms with van der Waals surface area (Å²) in [4.78, 5) is 51.0. The third kappa shape index (κ3) is 3.20. The molecule has 1 fully saturated rings. The lowest BCUT2D eigenvalue weighted by Crippen LogP contribution is -2.47. The highest BCUT2D eigenvalue weighted by Gasteiger charge is 2.45.